The Hall–Kier alpha value is -0.980. The second-order valence-corrected chi connectivity index (χ2v) is 5.45. The molecule has 20 heavy (non-hydrogen) atoms. The summed E-state index contributed by atoms with van der Waals surface area (Å²) < 4.78 is 11.0. The van der Waals surface area contributed by atoms with Crippen LogP contribution in [0.25, 0.3) is 0 Å². The lowest BCUT2D eigenvalue weighted by Crippen LogP contribution is -2.59. The molecule has 2 unspecified atom stereocenters. The van der Waals surface area contributed by atoms with Crippen LogP contribution in [0.1, 0.15) is 26.2 Å². The van der Waals surface area contributed by atoms with Gasteiger partial charge in [-0.05, 0) is 19.9 Å². The Labute approximate surface area is 119 Å². The predicted molar refractivity (Wildman–Crippen MR) is 73.4 cm³/mol. The van der Waals surface area contributed by atoms with Crippen LogP contribution in [-0.4, -0.2) is 68.2 Å². The van der Waals surface area contributed by atoms with Crippen molar-refractivity contribution in [3.05, 3.63) is 0 Å². The SMILES string of the molecule is CCCC(NC)C(=O)C(=O)N1CC(OC2CCOC2)C1. The van der Waals surface area contributed by atoms with E-state index in [0.717, 1.165) is 19.4 Å². The van der Waals surface area contributed by atoms with Crippen molar-refractivity contribution >= 4 is 11.7 Å². The number of amides is 1. The summed E-state index contributed by atoms with van der Waals surface area (Å²) in [4.78, 5) is 25.6. The van der Waals surface area contributed by atoms with E-state index in [9.17, 15) is 9.59 Å². The number of hydrogen-bond acceptors (Lipinski definition) is 5. The van der Waals surface area contributed by atoms with E-state index >= 15 is 0 Å². The number of nitrogens with one attached hydrogen (secondary N) is 1. The molecule has 6 nitrogen and oxygen atoms in total. The maximum atomic E-state index is 12.0. The second kappa shape index (κ2) is 7.15. The van der Waals surface area contributed by atoms with Crippen LogP contribution >= 0.6 is 0 Å². The number of likely N-dealkylation sites (N-methyl/N-ethyl adjacent to an activating group) is 1. The van der Waals surface area contributed by atoms with Gasteiger partial charge in [0.25, 0.3) is 5.91 Å². The summed E-state index contributed by atoms with van der Waals surface area (Å²) in [6.45, 7) is 4.42. The third-order valence-corrected chi connectivity index (χ3v) is 3.86. The molecule has 0 spiro atoms. The number of carbonyl (C=O) groups excluding carboxylic acids is 2. The molecule has 2 rings (SSSR count). The third kappa shape index (κ3) is 3.56. The van der Waals surface area contributed by atoms with Crippen LogP contribution in [0.2, 0.25) is 0 Å². The fraction of sp³-hybridized carbons (Fsp3) is 0.857. The zero-order valence-electron chi connectivity index (χ0n) is 12.3. The van der Waals surface area contributed by atoms with Gasteiger partial charge in [-0.1, -0.05) is 13.3 Å². The molecule has 6 heteroatoms. The van der Waals surface area contributed by atoms with E-state index in [1.807, 2.05) is 6.92 Å². The van der Waals surface area contributed by atoms with Crippen LogP contribution < -0.4 is 5.32 Å². The fourth-order valence-corrected chi connectivity index (χ4v) is 2.58. The van der Waals surface area contributed by atoms with Crippen molar-refractivity contribution in [2.24, 2.45) is 0 Å². The Morgan fingerprint density at radius 3 is 2.70 bits per heavy atom. The second-order valence-electron chi connectivity index (χ2n) is 5.45. The van der Waals surface area contributed by atoms with Crippen molar-refractivity contribution in [2.45, 2.75) is 44.4 Å². The van der Waals surface area contributed by atoms with Gasteiger partial charge in [0, 0.05) is 19.7 Å². The maximum Gasteiger partial charge on any atom is 0.291 e. The lowest BCUT2D eigenvalue weighted by molar-refractivity contribution is -0.157. The number of ketones is 1. The molecule has 0 saturated carbocycles. The highest BCUT2D eigenvalue weighted by Crippen LogP contribution is 2.18. The van der Waals surface area contributed by atoms with Crippen molar-refractivity contribution in [3.63, 3.8) is 0 Å². The van der Waals surface area contributed by atoms with Crippen molar-refractivity contribution in [1.29, 1.82) is 0 Å². The predicted octanol–water partition coefficient (Wildman–Crippen LogP) is -0.0401. The number of hydrogen-bond donors (Lipinski definition) is 1. The van der Waals surface area contributed by atoms with Gasteiger partial charge in [-0.3, -0.25) is 9.59 Å². The van der Waals surface area contributed by atoms with E-state index in [1.54, 1.807) is 11.9 Å². The van der Waals surface area contributed by atoms with E-state index in [0.29, 0.717) is 26.1 Å². The average molecular weight is 284 g/mol. The largest absolute Gasteiger partial charge is 0.379 e. The van der Waals surface area contributed by atoms with Crippen molar-refractivity contribution in [2.75, 3.05) is 33.4 Å². The van der Waals surface area contributed by atoms with Crippen LogP contribution in [0.4, 0.5) is 0 Å². The van der Waals surface area contributed by atoms with Gasteiger partial charge in [-0.2, -0.15) is 0 Å². The molecule has 0 aromatic rings. The lowest BCUT2D eigenvalue weighted by atomic mass is 10.0. The number of carbonyl (C=O) groups is 2. The maximum absolute atomic E-state index is 12.0. The fourth-order valence-electron chi connectivity index (χ4n) is 2.58. The molecule has 0 aromatic carbocycles. The molecular formula is C14H24N2O4. The Morgan fingerprint density at radius 1 is 1.40 bits per heavy atom. The van der Waals surface area contributed by atoms with Crippen molar-refractivity contribution < 1.29 is 19.1 Å². The number of rotatable bonds is 7. The molecule has 2 aliphatic heterocycles. The topological polar surface area (TPSA) is 67.9 Å². The van der Waals surface area contributed by atoms with Crippen molar-refractivity contribution in [3.8, 4) is 0 Å². The molecule has 2 heterocycles. The van der Waals surface area contributed by atoms with Gasteiger partial charge in [0.2, 0.25) is 5.78 Å². The van der Waals surface area contributed by atoms with E-state index in [-0.39, 0.29) is 29.9 Å². The minimum absolute atomic E-state index is 0.0534. The third-order valence-electron chi connectivity index (χ3n) is 3.86. The normalized spacial score (nSPS) is 24.5. The molecule has 0 bridgehead atoms. The summed E-state index contributed by atoms with van der Waals surface area (Å²) in [5.41, 5.74) is 0. The molecule has 2 saturated heterocycles. The molecule has 2 aliphatic rings. The first-order chi connectivity index (χ1) is 9.65. The van der Waals surface area contributed by atoms with Gasteiger partial charge in [-0.15, -0.1) is 0 Å². The van der Waals surface area contributed by atoms with E-state index in [1.165, 1.54) is 0 Å². The first-order valence-corrected chi connectivity index (χ1v) is 7.39. The zero-order valence-corrected chi connectivity index (χ0v) is 12.3. The Balaban J connectivity index is 1.73. The Bertz CT molecular complexity index is 349. The summed E-state index contributed by atoms with van der Waals surface area (Å²) in [5.74, 6) is -0.725. The molecule has 1 N–H and O–H groups in total. The van der Waals surface area contributed by atoms with E-state index < -0.39 is 0 Å². The minimum Gasteiger partial charge on any atom is -0.379 e. The summed E-state index contributed by atoms with van der Waals surface area (Å²) in [6.07, 6.45) is 2.68. The average Bonchev–Trinajstić information content (AvgIpc) is 2.91. The number of ether oxygens (including phenoxy) is 2. The summed E-state index contributed by atoms with van der Waals surface area (Å²) >= 11 is 0. The van der Waals surface area contributed by atoms with Crippen LogP contribution in [0.15, 0.2) is 0 Å². The molecule has 1 amide bonds. The van der Waals surface area contributed by atoms with Gasteiger partial charge in [0.15, 0.2) is 0 Å². The van der Waals surface area contributed by atoms with Gasteiger partial charge in [-0.25, -0.2) is 0 Å². The van der Waals surface area contributed by atoms with Gasteiger partial charge < -0.3 is 19.7 Å². The Morgan fingerprint density at radius 2 is 2.15 bits per heavy atom. The Kier molecular flexibility index (Phi) is 5.51. The molecule has 0 radical (unpaired) electrons. The quantitative estimate of drug-likeness (QED) is 0.664. The molecule has 2 atom stereocenters. The van der Waals surface area contributed by atoms with Gasteiger partial charge >= 0.3 is 0 Å². The standard InChI is InChI=1S/C14H24N2O4/c1-3-4-12(15-2)13(17)14(18)16-7-11(8-16)20-10-5-6-19-9-10/h10-12,15H,3-9H2,1-2H3. The lowest BCUT2D eigenvalue weighted by Gasteiger charge is -2.40. The highest BCUT2D eigenvalue weighted by molar-refractivity contribution is 6.38. The van der Waals surface area contributed by atoms with Crippen LogP contribution in [0.3, 0.4) is 0 Å². The van der Waals surface area contributed by atoms with E-state index in [4.69, 9.17) is 9.47 Å². The van der Waals surface area contributed by atoms with Crippen LogP contribution in [-0.2, 0) is 19.1 Å². The monoisotopic (exact) mass is 284 g/mol. The van der Waals surface area contributed by atoms with Gasteiger partial charge in [0.1, 0.15) is 0 Å². The molecule has 0 aromatic heterocycles. The minimum atomic E-state index is -0.389. The first kappa shape index (κ1) is 15.4. The number of Topliss-reactive ketones (excluding diaryl/α,β-unsaturated/α-hetero) is 1. The molecule has 114 valence electrons. The first-order valence-electron chi connectivity index (χ1n) is 7.39. The summed E-state index contributed by atoms with van der Waals surface area (Å²) in [7, 11) is 1.72. The van der Waals surface area contributed by atoms with Crippen molar-refractivity contribution in [1.82, 2.24) is 10.2 Å². The van der Waals surface area contributed by atoms with E-state index in [2.05, 4.69) is 5.32 Å². The highest BCUT2D eigenvalue weighted by Gasteiger charge is 2.38. The zero-order chi connectivity index (χ0) is 14.5. The van der Waals surface area contributed by atoms with Crippen LogP contribution in [0, 0.1) is 0 Å². The van der Waals surface area contributed by atoms with Gasteiger partial charge in [0.05, 0.1) is 24.9 Å². The number of nitrogens with zero attached hydrogens (tertiary/aromatic N) is 1. The smallest absolute Gasteiger partial charge is 0.291 e. The van der Waals surface area contributed by atoms with Crippen LogP contribution in [0.5, 0.6) is 0 Å². The molecular weight excluding hydrogens is 260 g/mol. The molecule has 2 fully saturated rings. The molecule has 0 aliphatic carbocycles. The summed E-state index contributed by atoms with van der Waals surface area (Å²) in [6, 6.07) is -0.365. The highest BCUT2D eigenvalue weighted by atomic mass is 16.6. The number of likely N-dealkylation sites (tertiary alicyclic amines) is 1. The summed E-state index contributed by atoms with van der Waals surface area (Å²) in [5, 5.41) is 2.91.